The van der Waals surface area contributed by atoms with E-state index >= 15 is 0 Å². The van der Waals surface area contributed by atoms with Gasteiger partial charge in [-0.3, -0.25) is 19.6 Å². The fraction of sp³-hybridized carbons (Fsp3) is 0.364. The molecule has 12 heteroatoms. The number of piperidine rings is 1. The van der Waals surface area contributed by atoms with Gasteiger partial charge in [-0.1, -0.05) is 13.0 Å². The molecule has 3 N–H and O–H groups in total. The molecule has 34 heavy (non-hydrogen) atoms. The van der Waals surface area contributed by atoms with Gasteiger partial charge in [0.05, 0.1) is 28.9 Å². The number of non-ortho nitro benzene ring substituents is 1. The van der Waals surface area contributed by atoms with Crippen molar-refractivity contribution < 1.29 is 14.5 Å². The lowest BCUT2D eigenvalue weighted by atomic mass is 10.1. The van der Waals surface area contributed by atoms with E-state index in [9.17, 15) is 14.9 Å². The highest BCUT2D eigenvalue weighted by Crippen LogP contribution is 2.30. The first-order chi connectivity index (χ1) is 16.3. The van der Waals surface area contributed by atoms with Crippen LogP contribution in [0.4, 0.5) is 17.2 Å². The summed E-state index contributed by atoms with van der Waals surface area (Å²) in [7, 11) is 2.10. The lowest BCUT2D eigenvalue weighted by molar-refractivity contribution is -0.384. The molecule has 12 nitrogen and oxygen atoms in total. The van der Waals surface area contributed by atoms with E-state index in [2.05, 4.69) is 32.3 Å². The van der Waals surface area contributed by atoms with Crippen molar-refractivity contribution in [3.63, 3.8) is 0 Å². The summed E-state index contributed by atoms with van der Waals surface area (Å²) in [4.78, 5) is 33.8. The number of aryl methyl sites for hydroxylation is 1. The van der Waals surface area contributed by atoms with E-state index in [0.717, 1.165) is 25.9 Å². The van der Waals surface area contributed by atoms with E-state index in [1.54, 1.807) is 12.3 Å². The molecule has 1 aromatic carbocycles. The standard InChI is InChI=1S/C22H26N8O4/c1-3-18-22(34-17-6-4-5-16(11-17)30(32)33)27-21(19(26-18)20(23)31)25-14-12-24-29(13-14)15-7-9-28(2)10-8-15/h4-6,11-13,15H,3,7-10H2,1-2H3,(H2,23,31)(H,25,27). The topological polar surface area (TPSA) is 154 Å². The van der Waals surface area contributed by atoms with Crippen LogP contribution in [0.25, 0.3) is 0 Å². The Bertz CT molecular complexity index is 1200. The summed E-state index contributed by atoms with van der Waals surface area (Å²) in [6.45, 7) is 3.83. The van der Waals surface area contributed by atoms with Crippen LogP contribution in [0.5, 0.6) is 11.6 Å². The molecule has 3 heterocycles. The van der Waals surface area contributed by atoms with Crippen molar-refractivity contribution in [2.45, 2.75) is 32.2 Å². The minimum Gasteiger partial charge on any atom is -0.437 e. The van der Waals surface area contributed by atoms with Gasteiger partial charge in [-0.2, -0.15) is 10.1 Å². The maximum absolute atomic E-state index is 12.1. The highest BCUT2D eigenvalue weighted by molar-refractivity contribution is 5.96. The van der Waals surface area contributed by atoms with Gasteiger partial charge < -0.3 is 20.7 Å². The Kier molecular flexibility index (Phi) is 6.68. The van der Waals surface area contributed by atoms with Gasteiger partial charge in [0.1, 0.15) is 11.4 Å². The summed E-state index contributed by atoms with van der Waals surface area (Å²) in [5.41, 5.74) is 6.44. The fourth-order valence-electron chi connectivity index (χ4n) is 3.80. The molecule has 1 aliphatic rings. The molecule has 0 aliphatic carbocycles. The van der Waals surface area contributed by atoms with Crippen LogP contribution in [0.15, 0.2) is 36.7 Å². The van der Waals surface area contributed by atoms with E-state index in [4.69, 9.17) is 10.5 Å². The zero-order chi connectivity index (χ0) is 24.2. The summed E-state index contributed by atoms with van der Waals surface area (Å²) in [5, 5.41) is 18.6. The summed E-state index contributed by atoms with van der Waals surface area (Å²) in [5.74, 6) is -0.272. The molecule has 1 fully saturated rings. The number of benzene rings is 1. The zero-order valence-electron chi connectivity index (χ0n) is 19.0. The minimum atomic E-state index is -0.741. The second-order valence-corrected chi connectivity index (χ2v) is 8.12. The lowest BCUT2D eigenvalue weighted by Gasteiger charge is -2.28. The van der Waals surface area contributed by atoms with Crippen LogP contribution < -0.4 is 15.8 Å². The minimum absolute atomic E-state index is 0.0321. The van der Waals surface area contributed by atoms with Crippen molar-refractivity contribution >= 4 is 23.1 Å². The number of nitrogens with two attached hydrogens (primary N) is 1. The Hall–Kier alpha value is -4.06. The fourth-order valence-corrected chi connectivity index (χ4v) is 3.80. The second-order valence-electron chi connectivity index (χ2n) is 8.12. The summed E-state index contributed by atoms with van der Waals surface area (Å²) in [6.07, 6.45) is 5.91. The number of primary amides is 1. The molecule has 1 aliphatic heterocycles. The van der Waals surface area contributed by atoms with Crippen LogP contribution in [0.3, 0.4) is 0 Å². The van der Waals surface area contributed by atoms with Crippen LogP contribution in [0.1, 0.15) is 42.0 Å². The largest absolute Gasteiger partial charge is 0.437 e. The number of likely N-dealkylation sites (tertiary alicyclic amines) is 1. The molecule has 0 atom stereocenters. The Balaban J connectivity index is 1.62. The van der Waals surface area contributed by atoms with Crippen molar-refractivity contribution in [1.29, 1.82) is 0 Å². The second kappa shape index (κ2) is 9.83. The smallest absolute Gasteiger partial charge is 0.273 e. The average Bonchev–Trinajstić information content (AvgIpc) is 3.28. The lowest BCUT2D eigenvalue weighted by Crippen LogP contribution is -2.31. The van der Waals surface area contributed by atoms with Crippen LogP contribution in [0, 0.1) is 10.1 Å². The van der Waals surface area contributed by atoms with Crippen LogP contribution >= 0.6 is 0 Å². The van der Waals surface area contributed by atoms with E-state index in [-0.39, 0.29) is 28.8 Å². The Morgan fingerprint density at radius 1 is 1.32 bits per heavy atom. The highest BCUT2D eigenvalue weighted by Gasteiger charge is 2.22. The van der Waals surface area contributed by atoms with Gasteiger partial charge in [0, 0.05) is 12.3 Å². The summed E-state index contributed by atoms with van der Waals surface area (Å²) < 4.78 is 7.73. The van der Waals surface area contributed by atoms with Crippen LogP contribution in [0.2, 0.25) is 0 Å². The van der Waals surface area contributed by atoms with E-state index in [0.29, 0.717) is 23.8 Å². The number of hydrogen-bond acceptors (Lipinski definition) is 9. The van der Waals surface area contributed by atoms with Crippen molar-refractivity contribution in [3.8, 4) is 11.6 Å². The van der Waals surface area contributed by atoms with Gasteiger partial charge in [-0.15, -0.1) is 0 Å². The molecule has 0 radical (unpaired) electrons. The van der Waals surface area contributed by atoms with Crippen molar-refractivity contribution in [2.75, 3.05) is 25.5 Å². The Morgan fingerprint density at radius 3 is 2.76 bits per heavy atom. The van der Waals surface area contributed by atoms with E-state index < -0.39 is 10.8 Å². The molecular weight excluding hydrogens is 440 g/mol. The number of amides is 1. The molecule has 178 valence electrons. The van der Waals surface area contributed by atoms with Crippen molar-refractivity contribution in [1.82, 2.24) is 24.6 Å². The van der Waals surface area contributed by atoms with Crippen LogP contribution in [-0.4, -0.2) is 55.6 Å². The van der Waals surface area contributed by atoms with Gasteiger partial charge in [0.15, 0.2) is 11.5 Å². The number of anilines is 2. The molecule has 1 amide bonds. The predicted molar refractivity (Wildman–Crippen MR) is 124 cm³/mol. The first-order valence-corrected chi connectivity index (χ1v) is 11.0. The third kappa shape index (κ3) is 5.12. The number of nitrogens with zero attached hydrogens (tertiary/aromatic N) is 6. The third-order valence-corrected chi connectivity index (χ3v) is 5.67. The first-order valence-electron chi connectivity index (χ1n) is 11.0. The van der Waals surface area contributed by atoms with Gasteiger partial charge in [0.25, 0.3) is 11.6 Å². The van der Waals surface area contributed by atoms with E-state index in [1.807, 2.05) is 17.8 Å². The SMILES string of the molecule is CCc1nc(C(N)=O)c(Nc2cnn(C3CCN(C)CC3)c2)nc1Oc1cccc([N+](=O)[O-])c1. The van der Waals surface area contributed by atoms with Crippen molar-refractivity contribution in [3.05, 3.63) is 58.2 Å². The molecule has 0 bridgehead atoms. The van der Waals surface area contributed by atoms with E-state index in [1.165, 1.54) is 18.2 Å². The Morgan fingerprint density at radius 2 is 2.09 bits per heavy atom. The number of aromatic nitrogens is 4. The molecule has 1 saturated heterocycles. The number of nitro groups is 1. The molecular formula is C22H26N8O4. The molecule has 2 aromatic heterocycles. The predicted octanol–water partition coefficient (Wildman–Crippen LogP) is 3.05. The van der Waals surface area contributed by atoms with Gasteiger partial charge in [0.2, 0.25) is 5.88 Å². The number of hydrogen-bond donors (Lipinski definition) is 2. The average molecular weight is 467 g/mol. The summed E-state index contributed by atoms with van der Waals surface area (Å²) in [6, 6.07) is 6.05. The monoisotopic (exact) mass is 466 g/mol. The quantitative estimate of drug-likeness (QED) is 0.376. The number of nitro benzene ring substituents is 1. The molecule has 0 saturated carbocycles. The maximum atomic E-state index is 12.1. The normalized spacial score (nSPS) is 14.6. The Labute approximate surface area is 195 Å². The van der Waals surface area contributed by atoms with Gasteiger partial charge in [-0.25, -0.2) is 4.98 Å². The highest BCUT2D eigenvalue weighted by atomic mass is 16.6. The zero-order valence-corrected chi connectivity index (χ0v) is 19.0. The first kappa shape index (κ1) is 23.1. The number of carbonyl (C=O) groups is 1. The van der Waals surface area contributed by atoms with Crippen LogP contribution in [-0.2, 0) is 6.42 Å². The molecule has 3 aromatic rings. The van der Waals surface area contributed by atoms with Crippen molar-refractivity contribution in [2.24, 2.45) is 5.73 Å². The number of nitrogens with one attached hydrogen (secondary N) is 1. The molecule has 0 unspecified atom stereocenters. The number of carbonyl (C=O) groups excluding carboxylic acids is 1. The maximum Gasteiger partial charge on any atom is 0.273 e. The molecule has 4 rings (SSSR count). The summed E-state index contributed by atoms with van der Waals surface area (Å²) >= 11 is 0. The molecule has 0 spiro atoms. The third-order valence-electron chi connectivity index (χ3n) is 5.67. The van der Waals surface area contributed by atoms with Gasteiger partial charge >= 0.3 is 0 Å². The van der Waals surface area contributed by atoms with Gasteiger partial charge in [-0.05, 0) is 45.5 Å². The number of ether oxygens (including phenoxy) is 1. The number of rotatable bonds is 8.